The van der Waals surface area contributed by atoms with Crippen LogP contribution in [0.2, 0.25) is 0 Å². The van der Waals surface area contributed by atoms with Crippen LogP contribution in [-0.2, 0) is 16.5 Å². The summed E-state index contributed by atoms with van der Waals surface area (Å²) < 4.78 is 0. The molecular weight excluding hydrogens is 371 g/mol. The van der Waals surface area contributed by atoms with E-state index in [9.17, 15) is 0 Å². The predicted molar refractivity (Wildman–Crippen MR) is 124 cm³/mol. The number of hydrogen-bond donors (Lipinski definition) is 0. The van der Waals surface area contributed by atoms with Gasteiger partial charge in [-0.25, -0.2) is 0 Å². The topological polar surface area (TPSA) is 0 Å². The molecular formula is C26H54Ni. The predicted octanol–water partition coefficient (Wildman–Crippen LogP) is 10.3. The van der Waals surface area contributed by atoms with Gasteiger partial charge in [-0.05, 0) is 0 Å². The average molecular weight is 425 g/mol. The van der Waals surface area contributed by atoms with E-state index in [2.05, 4.69) is 27.7 Å². The molecule has 0 nitrogen and oxygen atoms in total. The molecule has 0 aliphatic heterocycles. The van der Waals surface area contributed by atoms with Gasteiger partial charge in [0.25, 0.3) is 0 Å². The van der Waals surface area contributed by atoms with Crippen LogP contribution in [0, 0.1) is 13.8 Å². The van der Waals surface area contributed by atoms with Crippen molar-refractivity contribution in [1.82, 2.24) is 0 Å². The van der Waals surface area contributed by atoms with Gasteiger partial charge >= 0.3 is 16.5 Å². The van der Waals surface area contributed by atoms with Gasteiger partial charge in [-0.15, -0.1) is 0 Å². The van der Waals surface area contributed by atoms with Crippen molar-refractivity contribution in [3.8, 4) is 0 Å². The van der Waals surface area contributed by atoms with Gasteiger partial charge in [0.05, 0.1) is 0 Å². The zero-order chi connectivity index (χ0) is 19.6. The Morgan fingerprint density at radius 1 is 0.333 bits per heavy atom. The molecule has 0 saturated carbocycles. The molecule has 0 aromatic heterocycles. The number of hydrogen-bond acceptors (Lipinski definition) is 0. The third-order valence-corrected chi connectivity index (χ3v) is 5.21. The fourth-order valence-corrected chi connectivity index (χ4v) is 3.33. The molecule has 0 aliphatic carbocycles. The average Bonchev–Trinajstić information content (AvgIpc) is 2.66. The summed E-state index contributed by atoms with van der Waals surface area (Å²) >= 11 is 0. The smallest absolute Gasteiger partial charge is 0.343 e. The van der Waals surface area contributed by atoms with E-state index in [1.54, 1.807) is 0 Å². The first-order valence-corrected chi connectivity index (χ1v) is 12.4. The molecule has 0 saturated heterocycles. The van der Waals surface area contributed by atoms with Crippen molar-refractivity contribution >= 4 is 0 Å². The largest absolute Gasteiger partial charge is 2.00 e. The molecule has 27 heavy (non-hydrogen) atoms. The second-order valence-electron chi connectivity index (χ2n) is 8.07. The fourth-order valence-electron chi connectivity index (χ4n) is 3.33. The summed E-state index contributed by atoms with van der Waals surface area (Å²) in [6.07, 6.45) is 30.7. The van der Waals surface area contributed by atoms with E-state index in [1.165, 1.54) is 128 Å². The van der Waals surface area contributed by atoms with Gasteiger partial charge in [-0.1, -0.05) is 142 Å². The van der Waals surface area contributed by atoms with Crippen LogP contribution in [0.3, 0.4) is 0 Å². The van der Waals surface area contributed by atoms with E-state index in [4.69, 9.17) is 0 Å². The van der Waals surface area contributed by atoms with E-state index < -0.39 is 0 Å². The Balaban J connectivity index is -0.000000411. The summed E-state index contributed by atoms with van der Waals surface area (Å²) in [7, 11) is 0. The maximum absolute atomic E-state index is 3.85. The molecule has 168 valence electrons. The minimum atomic E-state index is 0. The second kappa shape index (κ2) is 34.0. The van der Waals surface area contributed by atoms with Gasteiger partial charge in [-0.3, -0.25) is 0 Å². The molecule has 0 heterocycles. The Morgan fingerprint density at radius 3 is 0.704 bits per heavy atom. The number of rotatable bonds is 20. The minimum Gasteiger partial charge on any atom is -0.343 e. The van der Waals surface area contributed by atoms with E-state index in [0.29, 0.717) is 0 Å². The van der Waals surface area contributed by atoms with Crippen molar-refractivity contribution in [2.45, 2.75) is 155 Å². The zero-order valence-electron chi connectivity index (χ0n) is 19.3. The minimum absolute atomic E-state index is 0. The Kier molecular flexibility index (Phi) is 40.5. The van der Waals surface area contributed by atoms with Crippen molar-refractivity contribution in [2.24, 2.45) is 0 Å². The Bertz CT molecular complexity index is 160. The van der Waals surface area contributed by atoms with Crippen molar-refractivity contribution in [2.75, 3.05) is 0 Å². The summed E-state index contributed by atoms with van der Waals surface area (Å²) in [5, 5.41) is 0. The van der Waals surface area contributed by atoms with Crippen LogP contribution >= 0.6 is 0 Å². The van der Waals surface area contributed by atoms with E-state index in [1.807, 2.05) is 0 Å². The first-order chi connectivity index (χ1) is 12.8. The molecule has 0 fully saturated rings. The quantitative estimate of drug-likeness (QED) is 0.103. The van der Waals surface area contributed by atoms with Crippen LogP contribution in [0.15, 0.2) is 0 Å². The summed E-state index contributed by atoms with van der Waals surface area (Å²) in [5.74, 6) is 0. The molecule has 0 radical (unpaired) electrons. The van der Waals surface area contributed by atoms with Crippen LogP contribution in [-0.4, -0.2) is 0 Å². The van der Waals surface area contributed by atoms with E-state index in [-0.39, 0.29) is 16.5 Å². The molecule has 0 bridgehead atoms. The SMILES string of the molecule is [CH2-]CCCCCCCCCCCC.[CH2-]CCCCCCCCCCCC.[Ni+2]. The molecule has 0 aromatic carbocycles. The Labute approximate surface area is 185 Å². The third-order valence-electron chi connectivity index (χ3n) is 5.21. The van der Waals surface area contributed by atoms with Crippen LogP contribution in [0.5, 0.6) is 0 Å². The van der Waals surface area contributed by atoms with Crippen LogP contribution in [0.1, 0.15) is 155 Å². The zero-order valence-corrected chi connectivity index (χ0v) is 20.3. The van der Waals surface area contributed by atoms with Gasteiger partial charge in [0, 0.05) is 0 Å². The molecule has 0 aliphatic rings. The first kappa shape index (κ1) is 32.2. The molecule has 1 heteroatoms. The van der Waals surface area contributed by atoms with Crippen LogP contribution in [0.25, 0.3) is 0 Å². The summed E-state index contributed by atoms with van der Waals surface area (Å²) in [4.78, 5) is 0. The summed E-state index contributed by atoms with van der Waals surface area (Å²) in [5.41, 5.74) is 0. The molecule has 0 N–H and O–H groups in total. The van der Waals surface area contributed by atoms with Gasteiger partial charge in [0.1, 0.15) is 0 Å². The molecule has 0 aromatic rings. The van der Waals surface area contributed by atoms with Crippen molar-refractivity contribution in [1.29, 1.82) is 0 Å². The van der Waals surface area contributed by atoms with E-state index >= 15 is 0 Å². The fraction of sp³-hybridized carbons (Fsp3) is 0.923. The molecule has 0 unspecified atom stereocenters. The van der Waals surface area contributed by atoms with Gasteiger partial charge in [-0.2, -0.15) is 12.8 Å². The third kappa shape index (κ3) is 37.8. The number of unbranched alkanes of at least 4 members (excludes halogenated alkanes) is 20. The maximum atomic E-state index is 3.85. The first-order valence-electron chi connectivity index (χ1n) is 12.4. The van der Waals surface area contributed by atoms with Crippen LogP contribution in [0.4, 0.5) is 0 Å². The molecule has 0 rings (SSSR count). The van der Waals surface area contributed by atoms with Gasteiger partial charge < -0.3 is 13.8 Å². The van der Waals surface area contributed by atoms with Gasteiger partial charge in [0.2, 0.25) is 0 Å². The molecule has 0 spiro atoms. The summed E-state index contributed by atoms with van der Waals surface area (Å²) in [6, 6.07) is 0. The molecule has 0 atom stereocenters. The summed E-state index contributed by atoms with van der Waals surface area (Å²) in [6.45, 7) is 12.3. The standard InChI is InChI=1S/2C13H27.Ni/c2*1-3-5-7-9-11-13-12-10-8-6-4-2;/h2*1,3-13H2,2H3;/q2*-1;+2. The van der Waals surface area contributed by atoms with Crippen molar-refractivity contribution in [3.05, 3.63) is 13.8 Å². The van der Waals surface area contributed by atoms with Crippen molar-refractivity contribution in [3.63, 3.8) is 0 Å². The van der Waals surface area contributed by atoms with E-state index in [0.717, 1.165) is 12.8 Å². The van der Waals surface area contributed by atoms with Crippen molar-refractivity contribution < 1.29 is 16.5 Å². The Morgan fingerprint density at radius 2 is 0.519 bits per heavy atom. The Hall–Kier alpha value is 0.494. The monoisotopic (exact) mass is 424 g/mol. The normalized spacial score (nSPS) is 10.2. The van der Waals surface area contributed by atoms with Crippen LogP contribution < -0.4 is 0 Å². The second-order valence-corrected chi connectivity index (χ2v) is 8.07. The van der Waals surface area contributed by atoms with Gasteiger partial charge in [0.15, 0.2) is 0 Å². The molecule has 0 amide bonds. The maximum Gasteiger partial charge on any atom is 2.00 e.